The van der Waals surface area contributed by atoms with E-state index in [1.807, 2.05) is 24.3 Å². The van der Waals surface area contributed by atoms with E-state index in [1.165, 1.54) is 0 Å². The van der Waals surface area contributed by atoms with Crippen LogP contribution in [0.5, 0.6) is 23.0 Å². The predicted molar refractivity (Wildman–Crippen MR) is 101 cm³/mol. The number of methoxy groups -OCH3 is 1. The van der Waals surface area contributed by atoms with Crippen LogP contribution < -0.4 is 24.3 Å². The molecule has 7 heteroatoms. The third-order valence-electron chi connectivity index (χ3n) is 5.03. The van der Waals surface area contributed by atoms with Gasteiger partial charge in [-0.3, -0.25) is 4.79 Å². The Bertz CT molecular complexity index is 841. The molecule has 1 aliphatic carbocycles. The van der Waals surface area contributed by atoms with Crippen molar-refractivity contribution in [2.45, 2.75) is 37.2 Å². The number of carbonyl (C=O) groups is 1. The molecule has 0 saturated heterocycles. The lowest BCUT2D eigenvalue weighted by atomic mass is 10.2. The normalized spacial score (nSPS) is 25.8. The molecule has 7 nitrogen and oxygen atoms in total. The third kappa shape index (κ3) is 3.71. The smallest absolute Gasteiger partial charge is 0.265 e. The molecule has 1 fully saturated rings. The van der Waals surface area contributed by atoms with Crippen LogP contribution in [0, 0.1) is 0 Å². The summed E-state index contributed by atoms with van der Waals surface area (Å²) in [5.41, 5.74) is 0. The first-order valence-corrected chi connectivity index (χ1v) is 9.32. The molecular weight excluding hydrogens is 362 g/mol. The number of amides is 1. The summed E-state index contributed by atoms with van der Waals surface area (Å²) in [6.07, 6.45) is -0.779. The van der Waals surface area contributed by atoms with E-state index in [4.69, 9.17) is 18.9 Å². The van der Waals surface area contributed by atoms with Crippen molar-refractivity contribution in [2.75, 3.05) is 13.7 Å². The van der Waals surface area contributed by atoms with Gasteiger partial charge in [-0.25, -0.2) is 0 Å². The molecule has 1 amide bonds. The second-order valence-electron chi connectivity index (χ2n) is 6.85. The fourth-order valence-electron chi connectivity index (χ4n) is 3.53. The summed E-state index contributed by atoms with van der Waals surface area (Å²) in [7, 11) is 1.57. The highest BCUT2D eigenvalue weighted by atomic mass is 16.6. The van der Waals surface area contributed by atoms with E-state index in [0.717, 1.165) is 0 Å². The molecule has 148 valence electrons. The molecule has 4 atom stereocenters. The Morgan fingerprint density at radius 2 is 1.79 bits per heavy atom. The van der Waals surface area contributed by atoms with E-state index in [2.05, 4.69) is 5.32 Å². The van der Waals surface area contributed by atoms with Crippen molar-refractivity contribution >= 4 is 5.91 Å². The van der Waals surface area contributed by atoms with Crippen LogP contribution in [0.25, 0.3) is 0 Å². The zero-order valence-corrected chi connectivity index (χ0v) is 15.5. The van der Waals surface area contributed by atoms with Crippen molar-refractivity contribution in [3.63, 3.8) is 0 Å². The number of nitrogens with one attached hydrogen (secondary N) is 1. The van der Waals surface area contributed by atoms with Gasteiger partial charge in [-0.05, 0) is 37.1 Å². The molecule has 1 aliphatic heterocycles. The van der Waals surface area contributed by atoms with Crippen LogP contribution in [-0.2, 0) is 4.79 Å². The van der Waals surface area contributed by atoms with Gasteiger partial charge >= 0.3 is 0 Å². The van der Waals surface area contributed by atoms with Gasteiger partial charge in [-0.15, -0.1) is 0 Å². The summed E-state index contributed by atoms with van der Waals surface area (Å²) in [6.45, 7) is 0.132. The maximum Gasteiger partial charge on any atom is 0.265 e. The van der Waals surface area contributed by atoms with Crippen molar-refractivity contribution in [3.8, 4) is 23.0 Å². The van der Waals surface area contributed by atoms with Gasteiger partial charge in [0.05, 0.1) is 13.2 Å². The molecule has 2 aliphatic rings. The fourth-order valence-corrected chi connectivity index (χ4v) is 3.53. The second-order valence-corrected chi connectivity index (χ2v) is 6.85. The Hall–Kier alpha value is -2.93. The predicted octanol–water partition coefficient (Wildman–Crippen LogP) is 1.92. The van der Waals surface area contributed by atoms with E-state index in [0.29, 0.717) is 35.8 Å². The average Bonchev–Trinajstić information content (AvgIpc) is 3.07. The van der Waals surface area contributed by atoms with Gasteiger partial charge in [-0.1, -0.05) is 24.3 Å². The Balaban J connectivity index is 1.35. The molecule has 0 unspecified atom stereocenters. The quantitative estimate of drug-likeness (QED) is 0.818. The number of rotatable bonds is 5. The van der Waals surface area contributed by atoms with Crippen LogP contribution in [0.15, 0.2) is 48.5 Å². The molecule has 28 heavy (non-hydrogen) atoms. The highest BCUT2D eigenvalue weighted by molar-refractivity contribution is 5.82. The molecule has 0 aromatic heterocycles. The minimum absolute atomic E-state index is 0.132. The van der Waals surface area contributed by atoms with E-state index in [-0.39, 0.29) is 12.5 Å². The Morgan fingerprint density at radius 1 is 1.07 bits per heavy atom. The van der Waals surface area contributed by atoms with Crippen molar-refractivity contribution < 1.29 is 28.8 Å². The van der Waals surface area contributed by atoms with E-state index < -0.39 is 24.4 Å². The number of hydrogen-bond acceptors (Lipinski definition) is 6. The Morgan fingerprint density at radius 3 is 2.57 bits per heavy atom. The lowest BCUT2D eigenvalue weighted by Gasteiger charge is -2.28. The number of para-hydroxylation sites is 4. The molecule has 0 bridgehead atoms. The summed E-state index contributed by atoms with van der Waals surface area (Å²) >= 11 is 0. The van der Waals surface area contributed by atoms with Gasteiger partial charge in [-0.2, -0.15) is 0 Å². The van der Waals surface area contributed by atoms with Crippen molar-refractivity contribution in [1.82, 2.24) is 5.32 Å². The monoisotopic (exact) mass is 385 g/mol. The number of aliphatic hydroxyl groups is 1. The van der Waals surface area contributed by atoms with Gasteiger partial charge in [0, 0.05) is 0 Å². The number of ether oxygens (including phenoxy) is 4. The minimum Gasteiger partial charge on any atom is -0.493 e. The first kappa shape index (κ1) is 18.4. The topological polar surface area (TPSA) is 86.3 Å². The minimum atomic E-state index is -0.828. The van der Waals surface area contributed by atoms with Crippen LogP contribution in [0.4, 0.5) is 0 Å². The molecule has 1 saturated carbocycles. The summed E-state index contributed by atoms with van der Waals surface area (Å²) in [5, 5.41) is 13.5. The van der Waals surface area contributed by atoms with E-state index >= 15 is 0 Å². The molecule has 2 N–H and O–H groups in total. The number of benzene rings is 2. The molecule has 4 rings (SSSR count). The van der Waals surface area contributed by atoms with Gasteiger partial charge in [0.25, 0.3) is 5.91 Å². The maximum atomic E-state index is 12.6. The summed E-state index contributed by atoms with van der Waals surface area (Å²) in [5.74, 6) is 2.03. The Labute approximate surface area is 163 Å². The number of hydrogen-bond donors (Lipinski definition) is 2. The van der Waals surface area contributed by atoms with Crippen LogP contribution >= 0.6 is 0 Å². The number of carbonyl (C=O) groups excluding carboxylic acids is 1. The molecule has 2 aromatic carbocycles. The second kappa shape index (κ2) is 7.98. The lowest BCUT2D eigenvalue weighted by molar-refractivity contribution is -0.132. The van der Waals surface area contributed by atoms with Crippen molar-refractivity contribution in [2.24, 2.45) is 0 Å². The summed E-state index contributed by atoms with van der Waals surface area (Å²) in [6, 6.07) is 14.1. The van der Waals surface area contributed by atoms with E-state index in [1.54, 1.807) is 31.4 Å². The van der Waals surface area contributed by atoms with Gasteiger partial charge < -0.3 is 29.4 Å². The molecule has 1 heterocycles. The van der Waals surface area contributed by atoms with E-state index in [9.17, 15) is 9.90 Å². The largest absolute Gasteiger partial charge is 0.493 e. The van der Waals surface area contributed by atoms with Crippen LogP contribution in [-0.4, -0.2) is 49.1 Å². The summed E-state index contributed by atoms with van der Waals surface area (Å²) < 4.78 is 22.5. The zero-order chi connectivity index (χ0) is 19.5. The highest BCUT2D eigenvalue weighted by Gasteiger charge is 2.39. The molecule has 0 spiro atoms. The van der Waals surface area contributed by atoms with Crippen LogP contribution in [0.1, 0.15) is 12.8 Å². The zero-order valence-electron chi connectivity index (χ0n) is 15.5. The molecular formula is C21H23NO6. The molecule has 0 radical (unpaired) electrons. The first-order valence-electron chi connectivity index (χ1n) is 9.32. The van der Waals surface area contributed by atoms with Gasteiger partial charge in [0.1, 0.15) is 18.8 Å². The SMILES string of the molecule is COc1ccccc1O[C@@H]1CC[C@@H](NC(=O)[C@@H]2COc3ccccc3O2)[C@H]1O. The van der Waals surface area contributed by atoms with Crippen molar-refractivity contribution in [3.05, 3.63) is 48.5 Å². The summed E-state index contributed by atoms with van der Waals surface area (Å²) in [4.78, 5) is 12.6. The van der Waals surface area contributed by atoms with Crippen molar-refractivity contribution in [1.29, 1.82) is 0 Å². The molecule has 2 aromatic rings. The Kier molecular flexibility index (Phi) is 5.25. The number of aliphatic hydroxyl groups excluding tert-OH is 1. The van der Waals surface area contributed by atoms with Crippen LogP contribution in [0.3, 0.4) is 0 Å². The standard InChI is InChI=1S/C21H23NO6/c1-25-14-6-2-4-8-16(14)27-18-11-10-13(20(18)23)22-21(24)19-12-26-15-7-3-5-9-17(15)28-19/h2-9,13,18-20,23H,10-12H2,1H3,(H,22,24)/t13-,18-,19+,20-/m1/s1. The average molecular weight is 385 g/mol. The highest BCUT2D eigenvalue weighted by Crippen LogP contribution is 2.33. The van der Waals surface area contributed by atoms with Crippen LogP contribution in [0.2, 0.25) is 0 Å². The first-order chi connectivity index (χ1) is 13.7. The lowest BCUT2D eigenvalue weighted by Crippen LogP contribution is -2.51. The fraction of sp³-hybridized carbons (Fsp3) is 0.381. The van der Waals surface area contributed by atoms with Gasteiger partial charge in [0.2, 0.25) is 6.10 Å². The maximum absolute atomic E-state index is 12.6. The number of fused-ring (bicyclic) bond motifs is 1. The van der Waals surface area contributed by atoms with Gasteiger partial charge in [0.15, 0.2) is 23.0 Å². The third-order valence-corrected chi connectivity index (χ3v) is 5.03.